The molecule has 0 radical (unpaired) electrons. The van der Waals surface area contributed by atoms with Gasteiger partial charge in [-0.3, -0.25) is 19.3 Å². The Morgan fingerprint density at radius 2 is 1.72 bits per heavy atom. The number of fused-ring (bicyclic) bond motifs is 1. The molecule has 0 saturated carbocycles. The second kappa shape index (κ2) is 7.55. The molecule has 1 N–H and O–H groups in total. The summed E-state index contributed by atoms with van der Waals surface area (Å²) in [6, 6.07) is 5.41. The van der Waals surface area contributed by atoms with E-state index in [0.717, 1.165) is 0 Å². The average Bonchev–Trinajstić information content (AvgIpc) is 2.91. The Labute approximate surface area is 173 Å². The van der Waals surface area contributed by atoms with Gasteiger partial charge in [-0.05, 0) is 31.0 Å². The summed E-state index contributed by atoms with van der Waals surface area (Å²) in [5.41, 5.74) is 0. The number of halogens is 1. The second-order valence-corrected chi connectivity index (χ2v) is 9.64. The number of rotatable bonds is 5. The monoisotopic (exact) mass is 437 g/mol. The van der Waals surface area contributed by atoms with E-state index >= 15 is 0 Å². The highest BCUT2D eigenvalue weighted by atomic mass is 35.5. The van der Waals surface area contributed by atoms with Gasteiger partial charge in [-0.2, -0.15) is 0 Å². The Hall–Kier alpha value is -2.23. The number of hydrogen-bond acceptors (Lipinski definition) is 5. The molecule has 2 heterocycles. The zero-order valence-electron chi connectivity index (χ0n) is 15.5. The van der Waals surface area contributed by atoms with Crippen LogP contribution in [0.25, 0.3) is 0 Å². The van der Waals surface area contributed by atoms with Gasteiger partial charge in [0.05, 0.1) is 29.3 Å². The van der Waals surface area contributed by atoms with Crippen LogP contribution in [0.4, 0.5) is 0 Å². The molecule has 2 saturated heterocycles. The molecule has 0 bridgehead atoms. The lowest BCUT2D eigenvalue weighted by atomic mass is 9.85. The van der Waals surface area contributed by atoms with E-state index < -0.39 is 22.5 Å². The number of amides is 3. The summed E-state index contributed by atoms with van der Waals surface area (Å²) < 4.78 is 26.8. The highest BCUT2D eigenvalue weighted by Gasteiger charge is 2.52. The van der Waals surface area contributed by atoms with Gasteiger partial charge < -0.3 is 4.90 Å². The van der Waals surface area contributed by atoms with Crippen molar-refractivity contribution in [2.24, 2.45) is 11.8 Å². The van der Waals surface area contributed by atoms with E-state index in [2.05, 4.69) is 4.72 Å². The number of hydrogen-bond donors (Lipinski definition) is 1. The van der Waals surface area contributed by atoms with Crippen molar-refractivity contribution < 1.29 is 22.8 Å². The Bertz CT molecular complexity index is 977. The number of allylic oxidation sites excluding steroid dienone is 2. The van der Waals surface area contributed by atoms with Crippen LogP contribution in [0.15, 0.2) is 41.3 Å². The van der Waals surface area contributed by atoms with E-state index in [9.17, 15) is 22.8 Å². The van der Waals surface area contributed by atoms with Gasteiger partial charge in [0.25, 0.3) is 0 Å². The molecule has 2 aliphatic heterocycles. The molecule has 1 aromatic rings. The van der Waals surface area contributed by atoms with Crippen LogP contribution in [0.5, 0.6) is 0 Å². The van der Waals surface area contributed by atoms with Gasteiger partial charge in [0.15, 0.2) is 0 Å². The maximum atomic E-state index is 12.6. The summed E-state index contributed by atoms with van der Waals surface area (Å²) in [4.78, 5) is 40.2. The third-order valence-electron chi connectivity index (χ3n) is 5.64. The molecule has 1 aromatic carbocycles. The lowest BCUT2D eigenvalue weighted by Gasteiger charge is -2.43. The molecule has 10 heteroatoms. The number of sulfonamides is 1. The SMILES string of the molecule is O=C(CNS(=O)(=O)c1cccc(Cl)c1)N1CC(N2C(=O)C3CC=CCC3C2=O)C1. The standard InChI is InChI=1S/C19H20ClN3O5S/c20-12-4-3-5-14(8-12)29(27,28)21-9-17(24)22-10-13(11-22)23-18(25)15-6-1-2-7-16(15)19(23)26/h1-5,8,13,15-16,21H,6-7,9-11H2. The van der Waals surface area contributed by atoms with E-state index in [1.54, 1.807) is 6.07 Å². The molecule has 8 nitrogen and oxygen atoms in total. The predicted octanol–water partition coefficient (Wildman–Crippen LogP) is 0.780. The van der Waals surface area contributed by atoms with Crippen LogP contribution in [0, 0.1) is 11.8 Å². The number of carbonyl (C=O) groups is 3. The maximum absolute atomic E-state index is 12.6. The van der Waals surface area contributed by atoms with Gasteiger partial charge in [-0.1, -0.05) is 29.8 Å². The average molecular weight is 438 g/mol. The number of nitrogens with one attached hydrogen (secondary N) is 1. The van der Waals surface area contributed by atoms with Crippen molar-refractivity contribution in [3.63, 3.8) is 0 Å². The van der Waals surface area contributed by atoms with Crippen molar-refractivity contribution in [2.75, 3.05) is 19.6 Å². The molecule has 2 fully saturated rings. The molecular formula is C19H20ClN3O5S. The number of likely N-dealkylation sites (tertiary alicyclic amines) is 2. The van der Waals surface area contributed by atoms with Crippen LogP contribution in [0.1, 0.15) is 12.8 Å². The number of imide groups is 1. The molecular weight excluding hydrogens is 418 g/mol. The quantitative estimate of drug-likeness (QED) is 0.541. The minimum atomic E-state index is -3.86. The highest BCUT2D eigenvalue weighted by molar-refractivity contribution is 7.89. The zero-order chi connectivity index (χ0) is 20.8. The lowest BCUT2D eigenvalue weighted by Crippen LogP contribution is -2.63. The Morgan fingerprint density at radius 1 is 1.10 bits per heavy atom. The van der Waals surface area contributed by atoms with Crippen molar-refractivity contribution in [1.29, 1.82) is 0 Å². The Balaban J connectivity index is 1.32. The first kappa shape index (κ1) is 20.1. The van der Waals surface area contributed by atoms with Crippen molar-refractivity contribution in [3.8, 4) is 0 Å². The van der Waals surface area contributed by atoms with Crippen molar-refractivity contribution in [1.82, 2.24) is 14.5 Å². The molecule has 2 atom stereocenters. The maximum Gasteiger partial charge on any atom is 0.241 e. The first-order chi connectivity index (χ1) is 13.8. The summed E-state index contributed by atoms with van der Waals surface area (Å²) >= 11 is 5.81. The number of carbonyl (C=O) groups excluding carboxylic acids is 3. The second-order valence-electron chi connectivity index (χ2n) is 7.44. The van der Waals surface area contributed by atoms with Crippen LogP contribution < -0.4 is 4.72 Å². The summed E-state index contributed by atoms with van der Waals surface area (Å²) in [6.07, 6.45) is 5.01. The lowest BCUT2D eigenvalue weighted by molar-refractivity contribution is -0.152. The van der Waals surface area contributed by atoms with Crippen LogP contribution in [-0.4, -0.2) is 61.6 Å². The Kier molecular flexibility index (Phi) is 5.22. The van der Waals surface area contributed by atoms with Crippen molar-refractivity contribution >= 4 is 39.3 Å². The van der Waals surface area contributed by atoms with Gasteiger partial charge in [-0.25, -0.2) is 13.1 Å². The van der Waals surface area contributed by atoms with Gasteiger partial charge in [0.1, 0.15) is 0 Å². The molecule has 1 aliphatic carbocycles. The van der Waals surface area contributed by atoms with E-state index in [-0.39, 0.29) is 52.7 Å². The summed E-state index contributed by atoms with van der Waals surface area (Å²) in [5, 5.41) is 0.278. The van der Waals surface area contributed by atoms with Gasteiger partial charge in [0.2, 0.25) is 27.7 Å². The predicted molar refractivity (Wildman–Crippen MR) is 104 cm³/mol. The zero-order valence-corrected chi connectivity index (χ0v) is 17.0. The molecule has 3 amide bonds. The van der Waals surface area contributed by atoms with Crippen LogP contribution in [0.2, 0.25) is 5.02 Å². The highest BCUT2D eigenvalue weighted by Crippen LogP contribution is 2.37. The minimum Gasteiger partial charge on any atom is -0.337 e. The summed E-state index contributed by atoms with van der Waals surface area (Å²) in [6.45, 7) is 0.0444. The first-order valence-electron chi connectivity index (χ1n) is 9.33. The van der Waals surface area contributed by atoms with Gasteiger partial charge in [0, 0.05) is 18.1 Å². The van der Waals surface area contributed by atoms with Crippen molar-refractivity contribution in [2.45, 2.75) is 23.8 Å². The van der Waals surface area contributed by atoms with Gasteiger partial charge >= 0.3 is 0 Å². The molecule has 29 heavy (non-hydrogen) atoms. The molecule has 0 spiro atoms. The van der Waals surface area contributed by atoms with Gasteiger partial charge in [-0.15, -0.1) is 0 Å². The molecule has 3 aliphatic rings. The summed E-state index contributed by atoms with van der Waals surface area (Å²) in [5.74, 6) is -1.32. The largest absolute Gasteiger partial charge is 0.337 e. The normalized spacial score (nSPS) is 24.6. The van der Waals surface area contributed by atoms with Crippen LogP contribution >= 0.6 is 11.6 Å². The van der Waals surface area contributed by atoms with Crippen LogP contribution in [0.3, 0.4) is 0 Å². The van der Waals surface area contributed by atoms with E-state index in [0.29, 0.717) is 12.8 Å². The molecule has 0 aromatic heterocycles. The van der Waals surface area contributed by atoms with E-state index in [1.165, 1.54) is 28.0 Å². The first-order valence-corrected chi connectivity index (χ1v) is 11.2. The van der Waals surface area contributed by atoms with E-state index in [4.69, 9.17) is 11.6 Å². The number of nitrogens with zero attached hydrogens (tertiary/aromatic N) is 2. The van der Waals surface area contributed by atoms with Crippen LogP contribution in [-0.2, 0) is 24.4 Å². The fourth-order valence-electron chi connectivity index (χ4n) is 3.99. The molecule has 154 valence electrons. The minimum absolute atomic E-state index is 0.0243. The Morgan fingerprint density at radius 3 is 2.31 bits per heavy atom. The smallest absolute Gasteiger partial charge is 0.241 e. The van der Waals surface area contributed by atoms with Crippen molar-refractivity contribution in [3.05, 3.63) is 41.4 Å². The third-order valence-corrected chi connectivity index (χ3v) is 7.28. The molecule has 2 unspecified atom stereocenters. The third kappa shape index (κ3) is 3.70. The summed E-state index contributed by atoms with van der Waals surface area (Å²) in [7, 11) is -3.86. The fourth-order valence-corrected chi connectivity index (χ4v) is 5.27. The van der Waals surface area contributed by atoms with E-state index in [1.807, 2.05) is 12.2 Å². The number of benzene rings is 1. The molecule has 4 rings (SSSR count). The fraction of sp³-hybridized carbons (Fsp3) is 0.421. The topological polar surface area (TPSA) is 104 Å².